The van der Waals surface area contributed by atoms with Crippen LogP contribution in [0.5, 0.6) is 0 Å². The van der Waals surface area contributed by atoms with Crippen LogP contribution in [0.15, 0.2) is 65.3 Å². The highest BCUT2D eigenvalue weighted by atomic mass is 35.5. The van der Waals surface area contributed by atoms with E-state index in [1.54, 1.807) is 47.6 Å². The number of fused-ring (bicyclic) bond motifs is 1. The summed E-state index contributed by atoms with van der Waals surface area (Å²) in [4.78, 5) is 19.3. The molecule has 7 heteroatoms. The van der Waals surface area contributed by atoms with Crippen LogP contribution in [0.3, 0.4) is 0 Å². The summed E-state index contributed by atoms with van der Waals surface area (Å²) in [5.74, 6) is 0.478. The molecule has 4 rings (SSSR count). The van der Waals surface area contributed by atoms with Gasteiger partial charge >= 0.3 is 0 Å². The molecule has 130 valence electrons. The van der Waals surface area contributed by atoms with Crippen LogP contribution < -0.4 is 4.90 Å². The highest BCUT2D eigenvalue weighted by Crippen LogP contribution is 2.34. The summed E-state index contributed by atoms with van der Waals surface area (Å²) in [6.45, 7) is 0.270. The molecule has 0 unspecified atom stereocenters. The molecule has 0 atom stereocenters. The van der Waals surface area contributed by atoms with Gasteiger partial charge in [-0.15, -0.1) is 0 Å². The minimum atomic E-state index is -0.187. The quantitative estimate of drug-likeness (QED) is 0.417. The van der Waals surface area contributed by atoms with Crippen molar-refractivity contribution in [3.63, 3.8) is 0 Å². The molecule has 0 radical (unpaired) electrons. The van der Waals surface area contributed by atoms with Gasteiger partial charge in [-0.05, 0) is 48.5 Å². The maximum Gasteiger partial charge on any atom is 0.260 e. The van der Waals surface area contributed by atoms with E-state index in [2.05, 4.69) is 4.98 Å². The van der Waals surface area contributed by atoms with Gasteiger partial charge in [-0.25, -0.2) is 4.98 Å². The van der Waals surface area contributed by atoms with Crippen LogP contribution in [-0.2, 0) is 6.54 Å². The number of anilines is 1. The molecular weight excluding hydrogens is 391 g/mol. The topological polar surface area (TPSA) is 46.3 Å². The van der Waals surface area contributed by atoms with Crippen LogP contribution in [-0.4, -0.2) is 10.9 Å². The molecule has 4 aromatic rings. The van der Waals surface area contributed by atoms with Crippen molar-refractivity contribution in [2.45, 2.75) is 6.54 Å². The Morgan fingerprint density at radius 3 is 2.58 bits per heavy atom. The number of hydrogen-bond acceptors (Lipinski definition) is 4. The molecule has 0 aliphatic rings. The average Bonchev–Trinajstić information content (AvgIpc) is 3.30. The van der Waals surface area contributed by atoms with Crippen LogP contribution in [0.4, 0.5) is 5.13 Å². The number of nitrogens with zero attached hydrogens (tertiary/aromatic N) is 2. The summed E-state index contributed by atoms with van der Waals surface area (Å²) in [5, 5.41) is 1.69. The van der Waals surface area contributed by atoms with Gasteiger partial charge < -0.3 is 4.42 Å². The third kappa shape index (κ3) is 3.33. The van der Waals surface area contributed by atoms with Gasteiger partial charge in [-0.3, -0.25) is 9.69 Å². The fraction of sp³-hybridized carbons (Fsp3) is 0.0526. The Balaban J connectivity index is 1.77. The first kappa shape index (κ1) is 17.1. The fourth-order valence-electron chi connectivity index (χ4n) is 2.55. The molecule has 0 spiro atoms. The number of furan rings is 1. The van der Waals surface area contributed by atoms with Gasteiger partial charge in [-0.1, -0.05) is 40.6 Å². The smallest absolute Gasteiger partial charge is 0.260 e. The van der Waals surface area contributed by atoms with E-state index >= 15 is 0 Å². The second-order valence-corrected chi connectivity index (χ2v) is 7.41. The number of benzene rings is 2. The molecule has 0 saturated heterocycles. The summed E-state index contributed by atoms with van der Waals surface area (Å²) in [5.41, 5.74) is 1.20. The molecule has 26 heavy (non-hydrogen) atoms. The van der Waals surface area contributed by atoms with Crippen molar-refractivity contribution in [3.8, 4) is 0 Å². The normalized spacial score (nSPS) is 11.0. The first-order chi connectivity index (χ1) is 12.6. The van der Waals surface area contributed by atoms with Crippen LogP contribution in [0.2, 0.25) is 10.0 Å². The Labute approximate surface area is 163 Å². The SMILES string of the molecule is O=C(c1ccc(Cl)cc1)N(Cc1ccco1)c1nc2c(Cl)cccc2s1. The van der Waals surface area contributed by atoms with E-state index in [0.29, 0.717) is 32.0 Å². The standard InChI is InChI=1S/C19H12Cl2N2O2S/c20-13-8-6-12(7-9-13)18(24)23(11-14-3-2-10-25-14)19-22-17-15(21)4-1-5-16(17)26-19/h1-10H,11H2. The van der Waals surface area contributed by atoms with Gasteiger partial charge in [0.25, 0.3) is 5.91 Å². The Morgan fingerprint density at radius 1 is 1.08 bits per heavy atom. The number of carbonyl (C=O) groups is 1. The van der Waals surface area contributed by atoms with Gasteiger partial charge in [0, 0.05) is 10.6 Å². The number of halogens is 2. The van der Waals surface area contributed by atoms with Gasteiger partial charge in [0.2, 0.25) is 0 Å². The minimum absolute atomic E-state index is 0.187. The van der Waals surface area contributed by atoms with E-state index in [-0.39, 0.29) is 12.5 Å². The molecule has 0 aliphatic heterocycles. The molecule has 0 bridgehead atoms. The van der Waals surface area contributed by atoms with E-state index < -0.39 is 0 Å². The van der Waals surface area contributed by atoms with Crippen molar-refractivity contribution >= 4 is 55.8 Å². The molecule has 2 aromatic heterocycles. The third-order valence-corrected chi connectivity index (χ3v) is 5.42. The highest BCUT2D eigenvalue weighted by molar-refractivity contribution is 7.22. The zero-order valence-electron chi connectivity index (χ0n) is 13.4. The van der Waals surface area contributed by atoms with Crippen molar-refractivity contribution in [1.82, 2.24) is 4.98 Å². The summed E-state index contributed by atoms with van der Waals surface area (Å²) >= 11 is 13.6. The summed E-state index contributed by atoms with van der Waals surface area (Å²) < 4.78 is 6.34. The predicted molar refractivity (Wildman–Crippen MR) is 105 cm³/mol. The zero-order chi connectivity index (χ0) is 18.1. The Hall–Kier alpha value is -2.34. The lowest BCUT2D eigenvalue weighted by molar-refractivity contribution is 0.0983. The predicted octanol–water partition coefficient (Wildman–Crippen LogP) is 6.04. The summed E-state index contributed by atoms with van der Waals surface area (Å²) in [6, 6.07) is 16.0. The van der Waals surface area contributed by atoms with Crippen LogP contribution in [0.1, 0.15) is 16.1 Å². The number of para-hydroxylation sites is 1. The summed E-state index contributed by atoms with van der Waals surface area (Å²) in [7, 11) is 0. The second-order valence-electron chi connectivity index (χ2n) is 5.56. The number of hydrogen-bond donors (Lipinski definition) is 0. The molecule has 2 aromatic carbocycles. The Bertz CT molecular complexity index is 1060. The molecule has 0 saturated carbocycles. The zero-order valence-corrected chi connectivity index (χ0v) is 15.7. The monoisotopic (exact) mass is 402 g/mol. The van der Waals surface area contributed by atoms with Crippen LogP contribution in [0.25, 0.3) is 10.2 Å². The van der Waals surface area contributed by atoms with E-state index in [1.165, 1.54) is 11.3 Å². The number of amides is 1. The van der Waals surface area contributed by atoms with Gasteiger partial charge in [0.1, 0.15) is 11.3 Å². The Kier molecular flexibility index (Phi) is 4.68. The van der Waals surface area contributed by atoms with Gasteiger partial charge in [0.15, 0.2) is 5.13 Å². The highest BCUT2D eigenvalue weighted by Gasteiger charge is 2.23. The third-order valence-electron chi connectivity index (χ3n) is 3.82. The fourth-order valence-corrected chi connectivity index (χ4v) is 3.94. The first-order valence-corrected chi connectivity index (χ1v) is 9.34. The molecule has 0 N–H and O–H groups in total. The molecule has 0 fully saturated rings. The molecule has 4 nitrogen and oxygen atoms in total. The molecule has 1 amide bonds. The van der Waals surface area contributed by atoms with Gasteiger partial charge in [0.05, 0.1) is 22.5 Å². The maximum absolute atomic E-state index is 13.1. The number of thiazole rings is 1. The van der Waals surface area contributed by atoms with Crippen LogP contribution in [0, 0.1) is 0 Å². The number of carbonyl (C=O) groups excluding carboxylic acids is 1. The van der Waals surface area contributed by atoms with Crippen LogP contribution >= 0.6 is 34.5 Å². The van der Waals surface area contributed by atoms with Crippen molar-refractivity contribution in [1.29, 1.82) is 0 Å². The first-order valence-electron chi connectivity index (χ1n) is 7.77. The molecule has 0 aliphatic carbocycles. The maximum atomic E-state index is 13.1. The largest absolute Gasteiger partial charge is 0.467 e. The van der Waals surface area contributed by atoms with E-state index in [9.17, 15) is 4.79 Å². The van der Waals surface area contributed by atoms with Crippen molar-refractivity contribution in [2.24, 2.45) is 0 Å². The second kappa shape index (κ2) is 7.11. The number of aromatic nitrogens is 1. The lowest BCUT2D eigenvalue weighted by atomic mass is 10.2. The van der Waals surface area contributed by atoms with Crippen molar-refractivity contribution in [3.05, 3.63) is 82.2 Å². The van der Waals surface area contributed by atoms with Crippen molar-refractivity contribution in [2.75, 3.05) is 4.90 Å². The molecular formula is C19H12Cl2N2O2S. The van der Waals surface area contributed by atoms with E-state index in [1.807, 2.05) is 18.2 Å². The van der Waals surface area contributed by atoms with Crippen molar-refractivity contribution < 1.29 is 9.21 Å². The van der Waals surface area contributed by atoms with E-state index in [0.717, 1.165) is 4.70 Å². The minimum Gasteiger partial charge on any atom is -0.467 e. The van der Waals surface area contributed by atoms with E-state index in [4.69, 9.17) is 27.6 Å². The lowest BCUT2D eigenvalue weighted by Crippen LogP contribution is -2.30. The lowest BCUT2D eigenvalue weighted by Gasteiger charge is -2.18. The number of rotatable bonds is 4. The average molecular weight is 403 g/mol. The Morgan fingerprint density at radius 2 is 1.88 bits per heavy atom. The summed E-state index contributed by atoms with van der Waals surface area (Å²) in [6.07, 6.45) is 1.58. The molecule has 2 heterocycles. The van der Waals surface area contributed by atoms with Gasteiger partial charge in [-0.2, -0.15) is 0 Å².